The number of hydrogen-bond acceptors (Lipinski definition) is 3. The first kappa shape index (κ1) is 12.7. The van der Waals surface area contributed by atoms with Crippen molar-refractivity contribution in [3.05, 3.63) is 20.8 Å². The lowest BCUT2D eigenvalue weighted by molar-refractivity contribution is -0.137. The Balaban J connectivity index is 2.52. The minimum atomic E-state index is -0.749. The maximum absolute atomic E-state index is 10.4. The summed E-state index contributed by atoms with van der Waals surface area (Å²) in [5, 5.41) is 10.6. The van der Waals surface area contributed by atoms with E-state index in [9.17, 15) is 4.79 Å². The Kier molecular flexibility index (Phi) is 4.76. The summed E-state index contributed by atoms with van der Waals surface area (Å²) >= 11 is 5.09. The molecule has 1 aromatic heterocycles. The molecule has 1 unspecified atom stereocenters. The van der Waals surface area contributed by atoms with Gasteiger partial charge >= 0.3 is 5.97 Å². The van der Waals surface area contributed by atoms with Gasteiger partial charge in [-0.2, -0.15) is 0 Å². The number of thiophene rings is 1. The zero-order valence-electron chi connectivity index (χ0n) is 8.74. The van der Waals surface area contributed by atoms with Crippen LogP contribution in [0.15, 0.2) is 15.9 Å². The Morgan fingerprint density at radius 2 is 2.40 bits per heavy atom. The van der Waals surface area contributed by atoms with Crippen LogP contribution >= 0.6 is 27.3 Å². The van der Waals surface area contributed by atoms with Gasteiger partial charge in [-0.3, -0.25) is 9.69 Å². The summed E-state index contributed by atoms with van der Waals surface area (Å²) in [4.78, 5) is 13.7. The second-order valence-corrected chi connectivity index (χ2v) is 5.33. The van der Waals surface area contributed by atoms with Gasteiger partial charge in [0.2, 0.25) is 0 Å². The van der Waals surface area contributed by atoms with Crippen molar-refractivity contribution in [2.45, 2.75) is 19.4 Å². The van der Waals surface area contributed by atoms with Gasteiger partial charge in [-0.15, -0.1) is 11.3 Å². The average molecular weight is 292 g/mol. The zero-order valence-corrected chi connectivity index (χ0v) is 11.1. The molecule has 0 saturated carbocycles. The molecule has 0 spiro atoms. The molecule has 0 aliphatic heterocycles. The van der Waals surface area contributed by atoms with Gasteiger partial charge in [-0.25, -0.2) is 0 Å². The van der Waals surface area contributed by atoms with Crippen LogP contribution in [-0.4, -0.2) is 29.6 Å². The number of carboxylic acid groups (broad SMARTS) is 1. The Morgan fingerprint density at radius 1 is 1.73 bits per heavy atom. The Labute approximate surface area is 102 Å². The first-order chi connectivity index (χ1) is 7.00. The van der Waals surface area contributed by atoms with Crippen LogP contribution < -0.4 is 0 Å². The van der Waals surface area contributed by atoms with Gasteiger partial charge in [-0.1, -0.05) is 0 Å². The third kappa shape index (κ3) is 3.93. The normalized spacial score (nSPS) is 13.1. The van der Waals surface area contributed by atoms with Gasteiger partial charge in [0, 0.05) is 27.3 Å². The largest absolute Gasteiger partial charge is 0.481 e. The highest BCUT2D eigenvalue weighted by atomic mass is 79.9. The van der Waals surface area contributed by atoms with Crippen LogP contribution in [0.3, 0.4) is 0 Å². The fraction of sp³-hybridized carbons (Fsp3) is 0.500. The van der Waals surface area contributed by atoms with E-state index in [1.54, 1.807) is 11.3 Å². The lowest BCUT2D eigenvalue weighted by Gasteiger charge is -2.22. The van der Waals surface area contributed by atoms with Gasteiger partial charge in [-0.05, 0) is 36.0 Å². The van der Waals surface area contributed by atoms with Gasteiger partial charge < -0.3 is 5.11 Å². The highest BCUT2D eigenvalue weighted by Gasteiger charge is 2.14. The van der Waals surface area contributed by atoms with Crippen molar-refractivity contribution in [3.8, 4) is 0 Å². The molecule has 0 saturated heterocycles. The molecule has 0 radical (unpaired) electrons. The Hall–Kier alpha value is -0.390. The SMILES string of the molecule is CC(c1cc(Br)cs1)N(C)CCC(=O)O. The van der Waals surface area contributed by atoms with Crippen LogP contribution in [-0.2, 0) is 4.79 Å². The van der Waals surface area contributed by atoms with Crippen LogP contribution in [0.5, 0.6) is 0 Å². The number of aliphatic carboxylic acids is 1. The molecule has 84 valence electrons. The maximum atomic E-state index is 10.4. The average Bonchev–Trinajstić information content (AvgIpc) is 2.60. The molecule has 1 N–H and O–H groups in total. The molecular formula is C10H14BrNO2S. The molecule has 3 nitrogen and oxygen atoms in total. The molecule has 0 aliphatic rings. The summed E-state index contributed by atoms with van der Waals surface area (Å²) in [6, 6.07) is 2.34. The van der Waals surface area contributed by atoms with Crippen molar-refractivity contribution in [3.63, 3.8) is 0 Å². The fourth-order valence-electron chi connectivity index (χ4n) is 1.23. The second-order valence-electron chi connectivity index (χ2n) is 3.47. The van der Waals surface area contributed by atoms with Gasteiger partial charge in [0.15, 0.2) is 0 Å². The number of carbonyl (C=O) groups is 1. The second kappa shape index (κ2) is 5.63. The molecule has 0 amide bonds. The minimum Gasteiger partial charge on any atom is -0.481 e. The zero-order chi connectivity index (χ0) is 11.4. The Bertz CT molecular complexity index is 340. The summed E-state index contributed by atoms with van der Waals surface area (Å²) in [7, 11) is 1.95. The van der Waals surface area contributed by atoms with Crippen molar-refractivity contribution in [2.75, 3.05) is 13.6 Å². The number of nitrogens with zero attached hydrogens (tertiary/aromatic N) is 1. The molecule has 0 aliphatic carbocycles. The molecule has 1 rings (SSSR count). The minimum absolute atomic E-state index is 0.188. The van der Waals surface area contributed by atoms with E-state index in [0.717, 1.165) is 4.47 Å². The monoisotopic (exact) mass is 291 g/mol. The standard InChI is InChI=1S/C10H14BrNO2S/c1-7(9-5-8(11)6-15-9)12(2)4-3-10(13)14/h5-7H,3-4H2,1-2H3,(H,13,14). The lowest BCUT2D eigenvalue weighted by Crippen LogP contribution is -2.24. The van der Waals surface area contributed by atoms with Crippen LogP contribution in [0.2, 0.25) is 0 Å². The summed E-state index contributed by atoms with van der Waals surface area (Å²) < 4.78 is 1.08. The molecular weight excluding hydrogens is 278 g/mol. The molecule has 0 bridgehead atoms. The summed E-state index contributed by atoms with van der Waals surface area (Å²) in [6.45, 7) is 2.66. The number of rotatable bonds is 5. The fourth-order valence-corrected chi connectivity index (χ4v) is 2.80. The number of halogens is 1. The molecule has 1 atom stereocenters. The first-order valence-corrected chi connectivity index (χ1v) is 6.34. The summed E-state index contributed by atoms with van der Waals surface area (Å²) in [6.07, 6.45) is 0.188. The maximum Gasteiger partial charge on any atom is 0.304 e. The summed E-state index contributed by atoms with van der Waals surface area (Å²) in [5.41, 5.74) is 0. The van der Waals surface area contributed by atoms with Gasteiger partial charge in [0.25, 0.3) is 0 Å². The van der Waals surface area contributed by atoms with Gasteiger partial charge in [0.05, 0.1) is 6.42 Å². The topological polar surface area (TPSA) is 40.5 Å². The van der Waals surface area contributed by atoms with Crippen molar-refractivity contribution in [2.24, 2.45) is 0 Å². The quantitative estimate of drug-likeness (QED) is 0.907. The van der Waals surface area contributed by atoms with E-state index in [1.165, 1.54) is 4.88 Å². The van der Waals surface area contributed by atoms with E-state index in [2.05, 4.69) is 28.9 Å². The predicted octanol–water partition coefficient (Wildman–Crippen LogP) is 2.98. The predicted molar refractivity (Wildman–Crippen MR) is 65.3 cm³/mol. The molecule has 1 aromatic rings. The van der Waals surface area contributed by atoms with E-state index >= 15 is 0 Å². The molecule has 5 heteroatoms. The highest BCUT2D eigenvalue weighted by Crippen LogP contribution is 2.28. The molecule has 1 heterocycles. The lowest BCUT2D eigenvalue weighted by atomic mass is 10.2. The van der Waals surface area contributed by atoms with Crippen molar-refractivity contribution in [1.29, 1.82) is 0 Å². The number of hydrogen-bond donors (Lipinski definition) is 1. The smallest absolute Gasteiger partial charge is 0.304 e. The molecule has 0 aromatic carbocycles. The van der Waals surface area contributed by atoms with Crippen LogP contribution in [0, 0.1) is 0 Å². The first-order valence-electron chi connectivity index (χ1n) is 4.66. The third-order valence-corrected chi connectivity index (χ3v) is 4.20. The number of carboxylic acids is 1. The van der Waals surface area contributed by atoms with Crippen molar-refractivity contribution >= 4 is 33.2 Å². The van der Waals surface area contributed by atoms with Gasteiger partial charge in [0.1, 0.15) is 0 Å². The van der Waals surface area contributed by atoms with Crippen LogP contribution in [0.1, 0.15) is 24.3 Å². The third-order valence-electron chi connectivity index (χ3n) is 2.34. The van der Waals surface area contributed by atoms with E-state index in [4.69, 9.17) is 5.11 Å². The van der Waals surface area contributed by atoms with Crippen molar-refractivity contribution in [1.82, 2.24) is 4.90 Å². The van der Waals surface area contributed by atoms with E-state index in [-0.39, 0.29) is 12.5 Å². The van der Waals surface area contributed by atoms with E-state index in [1.807, 2.05) is 17.3 Å². The van der Waals surface area contributed by atoms with Crippen LogP contribution in [0.4, 0.5) is 0 Å². The summed E-state index contributed by atoms with van der Waals surface area (Å²) in [5.74, 6) is -0.749. The van der Waals surface area contributed by atoms with Crippen molar-refractivity contribution < 1.29 is 9.90 Å². The van der Waals surface area contributed by atoms with E-state index < -0.39 is 5.97 Å². The highest BCUT2D eigenvalue weighted by molar-refractivity contribution is 9.10. The molecule has 15 heavy (non-hydrogen) atoms. The van der Waals surface area contributed by atoms with E-state index in [0.29, 0.717) is 6.54 Å². The van der Waals surface area contributed by atoms with Crippen LogP contribution in [0.25, 0.3) is 0 Å². The molecule has 0 fully saturated rings. The Morgan fingerprint density at radius 3 is 2.87 bits per heavy atom.